The number of aryl methyl sites for hydroxylation is 1. The summed E-state index contributed by atoms with van der Waals surface area (Å²) in [5, 5.41) is 7.70. The van der Waals surface area contributed by atoms with E-state index in [1.807, 2.05) is 63.2 Å². The highest BCUT2D eigenvalue weighted by molar-refractivity contribution is 6.01. The van der Waals surface area contributed by atoms with E-state index in [0.717, 1.165) is 22.4 Å². The molecule has 2 rings (SSSR count). The summed E-state index contributed by atoms with van der Waals surface area (Å²) < 4.78 is 5.82. The fourth-order valence-corrected chi connectivity index (χ4v) is 1.93. The molecule has 0 bridgehead atoms. The van der Waals surface area contributed by atoms with Gasteiger partial charge in [-0.1, -0.05) is 44.2 Å². The summed E-state index contributed by atoms with van der Waals surface area (Å²) in [6.45, 7) is 8.20. The zero-order valence-electron chi connectivity index (χ0n) is 13.2. The number of anilines is 1. The highest BCUT2D eigenvalue weighted by Gasteiger charge is 2.08. The zero-order chi connectivity index (χ0) is 15.8. The Bertz CT molecular complexity index is 592. The molecule has 112 valence electrons. The summed E-state index contributed by atoms with van der Waals surface area (Å²) in [5.74, 6) is 0.777. The lowest BCUT2D eigenvalue weighted by Gasteiger charge is -2.13. The molecule has 0 unspecified atom stereocenters. The quantitative estimate of drug-likeness (QED) is 0.638. The van der Waals surface area contributed by atoms with Gasteiger partial charge in [0, 0.05) is 17.0 Å². The smallest absolute Gasteiger partial charge is 0.123 e. The first-order valence-electron chi connectivity index (χ1n) is 7.20. The van der Waals surface area contributed by atoms with Gasteiger partial charge in [-0.3, -0.25) is 0 Å². The molecule has 0 fully saturated rings. The molecular weight excluding hydrogens is 260 g/mol. The van der Waals surface area contributed by atoms with Crippen molar-refractivity contribution in [3.63, 3.8) is 0 Å². The number of nitrogen functional groups attached to an aromatic ring is 1. The van der Waals surface area contributed by atoms with Gasteiger partial charge >= 0.3 is 0 Å². The second-order valence-electron chi connectivity index (χ2n) is 4.60. The molecule has 0 saturated carbocycles. The lowest BCUT2D eigenvalue weighted by atomic mass is 10.1. The normalized spacial score (nSPS) is 9.52. The maximum absolute atomic E-state index is 7.70. The molecule has 0 aliphatic heterocycles. The molecule has 0 aliphatic carbocycles. The first-order valence-corrected chi connectivity index (χ1v) is 7.20. The van der Waals surface area contributed by atoms with Crippen LogP contribution in [-0.2, 0) is 6.61 Å². The molecular formula is C18H24N2O. The standard InChI is InChI=1S/C16H18N2O.C2H6/c1-11-8-15(18)14(12(2)17)9-16(11)19-10-13-6-4-3-5-7-13;1-2/h3-9,17H,10,18H2,1-2H3;1-2H3. The molecule has 2 aromatic carbocycles. The first kappa shape index (κ1) is 16.8. The summed E-state index contributed by atoms with van der Waals surface area (Å²) in [4.78, 5) is 0. The molecule has 0 heterocycles. The number of benzene rings is 2. The molecule has 21 heavy (non-hydrogen) atoms. The minimum atomic E-state index is 0.446. The Hall–Kier alpha value is -2.29. The van der Waals surface area contributed by atoms with E-state index >= 15 is 0 Å². The van der Waals surface area contributed by atoms with Crippen molar-refractivity contribution in [3.8, 4) is 5.75 Å². The van der Waals surface area contributed by atoms with Crippen molar-refractivity contribution in [2.75, 3.05) is 5.73 Å². The van der Waals surface area contributed by atoms with Crippen LogP contribution in [0.1, 0.15) is 37.5 Å². The monoisotopic (exact) mass is 284 g/mol. The molecule has 0 spiro atoms. The Morgan fingerprint density at radius 3 is 2.33 bits per heavy atom. The van der Waals surface area contributed by atoms with E-state index in [1.54, 1.807) is 6.92 Å². The topological polar surface area (TPSA) is 59.1 Å². The minimum Gasteiger partial charge on any atom is -0.489 e. The molecule has 0 aromatic heterocycles. The van der Waals surface area contributed by atoms with E-state index in [-0.39, 0.29) is 0 Å². The van der Waals surface area contributed by atoms with Crippen molar-refractivity contribution in [2.45, 2.75) is 34.3 Å². The first-order chi connectivity index (χ1) is 10.1. The van der Waals surface area contributed by atoms with Crippen molar-refractivity contribution >= 4 is 11.4 Å². The largest absolute Gasteiger partial charge is 0.489 e. The van der Waals surface area contributed by atoms with Gasteiger partial charge in [-0.15, -0.1) is 0 Å². The van der Waals surface area contributed by atoms with Crippen LogP contribution in [0.2, 0.25) is 0 Å². The summed E-state index contributed by atoms with van der Waals surface area (Å²) in [5.41, 5.74) is 9.80. The van der Waals surface area contributed by atoms with E-state index in [9.17, 15) is 0 Å². The van der Waals surface area contributed by atoms with E-state index in [2.05, 4.69) is 0 Å². The van der Waals surface area contributed by atoms with Crippen LogP contribution in [-0.4, -0.2) is 5.71 Å². The van der Waals surface area contributed by atoms with Gasteiger partial charge in [0.25, 0.3) is 0 Å². The molecule has 0 amide bonds. The lowest BCUT2D eigenvalue weighted by molar-refractivity contribution is 0.304. The summed E-state index contributed by atoms with van der Waals surface area (Å²) >= 11 is 0. The minimum absolute atomic E-state index is 0.446. The van der Waals surface area contributed by atoms with Crippen molar-refractivity contribution in [1.82, 2.24) is 0 Å². The molecule has 0 saturated heterocycles. The van der Waals surface area contributed by atoms with Crippen molar-refractivity contribution in [3.05, 3.63) is 59.2 Å². The number of hydrogen-bond acceptors (Lipinski definition) is 3. The molecule has 3 N–H and O–H groups in total. The predicted molar refractivity (Wildman–Crippen MR) is 90.2 cm³/mol. The lowest BCUT2D eigenvalue weighted by Crippen LogP contribution is -2.03. The second-order valence-corrected chi connectivity index (χ2v) is 4.60. The maximum Gasteiger partial charge on any atom is 0.123 e. The average molecular weight is 284 g/mol. The van der Waals surface area contributed by atoms with Gasteiger partial charge in [-0.05, 0) is 37.1 Å². The maximum atomic E-state index is 7.70. The number of nitrogens with two attached hydrogens (primary N) is 1. The predicted octanol–water partition coefficient (Wildman–Crippen LogP) is 4.57. The third-order valence-electron chi connectivity index (χ3n) is 2.99. The SMILES string of the molecule is CC.CC(=N)c1cc(OCc2ccccc2)c(C)cc1N. The second kappa shape index (κ2) is 8.10. The number of nitrogens with one attached hydrogen (secondary N) is 1. The molecule has 0 atom stereocenters. The van der Waals surface area contributed by atoms with Crippen LogP contribution in [0.25, 0.3) is 0 Å². The van der Waals surface area contributed by atoms with Gasteiger partial charge in [0.05, 0.1) is 0 Å². The summed E-state index contributed by atoms with van der Waals surface area (Å²) in [7, 11) is 0. The Balaban J connectivity index is 0.00000106. The summed E-state index contributed by atoms with van der Waals surface area (Å²) in [6, 6.07) is 13.7. The highest BCUT2D eigenvalue weighted by Crippen LogP contribution is 2.26. The third kappa shape index (κ3) is 4.63. The fraction of sp³-hybridized carbons (Fsp3) is 0.278. The molecule has 3 nitrogen and oxygen atoms in total. The number of ether oxygens (including phenoxy) is 1. The van der Waals surface area contributed by atoms with Crippen LogP contribution in [0.4, 0.5) is 5.69 Å². The highest BCUT2D eigenvalue weighted by atomic mass is 16.5. The Labute approximate surface area is 127 Å². The fourth-order valence-electron chi connectivity index (χ4n) is 1.93. The van der Waals surface area contributed by atoms with Crippen LogP contribution >= 0.6 is 0 Å². The van der Waals surface area contributed by atoms with Crippen LogP contribution in [0.3, 0.4) is 0 Å². The van der Waals surface area contributed by atoms with Gasteiger partial charge in [-0.25, -0.2) is 0 Å². The number of rotatable bonds is 4. The van der Waals surface area contributed by atoms with Gasteiger partial charge in [0.15, 0.2) is 0 Å². The van der Waals surface area contributed by atoms with E-state index in [0.29, 0.717) is 18.0 Å². The third-order valence-corrected chi connectivity index (χ3v) is 2.99. The number of hydrogen-bond donors (Lipinski definition) is 2. The zero-order valence-corrected chi connectivity index (χ0v) is 13.2. The van der Waals surface area contributed by atoms with Gasteiger partial charge in [0.1, 0.15) is 12.4 Å². The van der Waals surface area contributed by atoms with Crippen molar-refractivity contribution < 1.29 is 4.74 Å². The van der Waals surface area contributed by atoms with Crippen molar-refractivity contribution in [2.24, 2.45) is 0 Å². The molecule has 3 heteroatoms. The van der Waals surface area contributed by atoms with Crippen molar-refractivity contribution in [1.29, 1.82) is 5.41 Å². The van der Waals surface area contributed by atoms with Crippen LogP contribution in [0.15, 0.2) is 42.5 Å². The van der Waals surface area contributed by atoms with Gasteiger partial charge in [-0.2, -0.15) is 0 Å². The van der Waals surface area contributed by atoms with Crippen LogP contribution in [0, 0.1) is 12.3 Å². The average Bonchev–Trinajstić information content (AvgIpc) is 2.49. The van der Waals surface area contributed by atoms with Crippen LogP contribution < -0.4 is 10.5 Å². The van der Waals surface area contributed by atoms with Gasteiger partial charge in [0.2, 0.25) is 0 Å². The Morgan fingerprint density at radius 2 is 1.76 bits per heavy atom. The summed E-state index contributed by atoms with van der Waals surface area (Å²) in [6.07, 6.45) is 0. The molecule has 0 radical (unpaired) electrons. The van der Waals surface area contributed by atoms with Gasteiger partial charge < -0.3 is 15.9 Å². The Kier molecular flexibility index (Phi) is 6.47. The van der Waals surface area contributed by atoms with E-state index in [4.69, 9.17) is 15.9 Å². The van der Waals surface area contributed by atoms with E-state index < -0.39 is 0 Å². The van der Waals surface area contributed by atoms with E-state index in [1.165, 1.54) is 0 Å². The Morgan fingerprint density at radius 1 is 1.14 bits per heavy atom. The molecule has 0 aliphatic rings. The van der Waals surface area contributed by atoms with Crippen LogP contribution in [0.5, 0.6) is 5.75 Å². The molecule has 2 aromatic rings.